The van der Waals surface area contributed by atoms with E-state index in [4.69, 9.17) is 9.05 Å². The Kier molecular flexibility index (Phi) is 66.7. The average Bonchev–Trinajstić information content (AvgIpc) is 3.70. The van der Waals surface area contributed by atoms with Gasteiger partial charge < -0.3 is 28.8 Å². The molecule has 0 radical (unpaired) electrons. The smallest absolute Gasteiger partial charge is 0.268 e. The first kappa shape index (κ1) is 84.9. The number of carbonyl (C=O) groups is 1. The molecule has 3 unspecified atom stereocenters. The Morgan fingerprint density at radius 2 is 0.701 bits per heavy atom. The minimum Gasteiger partial charge on any atom is -0.756 e. The number of aliphatic hydroxyl groups excluding tert-OH is 1. The molecule has 0 aromatic carbocycles. The van der Waals surface area contributed by atoms with E-state index in [-0.39, 0.29) is 19.1 Å². The molecule has 0 saturated heterocycles. The first-order valence-corrected chi connectivity index (χ1v) is 39.2. The monoisotopic (exact) mass is 1240 g/mol. The van der Waals surface area contributed by atoms with Crippen LogP contribution in [0.25, 0.3) is 0 Å². The summed E-state index contributed by atoms with van der Waals surface area (Å²) in [6.07, 6.45) is 95.7. The molecule has 0 rings (SSSR count). The first-order valence-electron chi connectivity index (χ1n) is 37.8. The molecule has 0 aliphatic rings. The number of quaternary nitrogens is 1. The van der Waals surface area contributed by atoms with Gasteiger partial charge >= 0.3 is 0 Å². The van der Waals surface area contributed by atoms with Gasteiger partial charge in [-0.05, 0) is 64.2 Å². The normalized spacial score (nSPS) is 14.0. The zero-order valence-electron chi connectivity index (χ0n) is 58.5. The fourth-order valence-corrected chi connectivity index (χ4v) is 12.1. The molecule has 3 atom stereocenters. The highest BCUT2D eigenvalue weighted by Crippen LogP contribution is 2.38. The van der Waals surface area contributed by atoms with E-state index in [1.165, 1.54) is 263 Å². The van der Waals surface area contributed by atoms with Crippen molar-refractivity contribution in [2.45, 2.75) is 379 Å². The summed E-state index contributed by atoms with van der Waals surface area (Å²) < 4.78 is 23.6. The van der Waals surface area contributed by atoms with Gasteiger partial charge in [0.05, 0.1) is 39.9 Å². The van der Waals surface area contributed by atoms with Crippen molar-refractivity contribution in [1.82, 2.24) is 5.32 Å². The summed E-state index contributed by atoms with van der Waals surface area (Å²) in [4.78, 5) is 25.7. The van der Waals surface area contributed by atoms with Crippen molar-refractivity contribution in [2.75, 3.05) is 40.9 Å². The van der Waals surface area contributed by atoms with E-state index < -0.39 is 20.0 Å². The third kappa shape index (κ3) is 71.2. The molecular formula is C78H147N2O6P. The number of hydrogen-bond acceptors (Lipinski definition) is 6. The minimum absolute atomic E-state index is 0.0119. The molecule has 2 N–H and O–H groups in total. The van der Waals surface area contributed by atoms with Crippen molar-refractivity contribution in [3.05, 3.63) is 72.9 Å². The van der Waals surface area contributed by atoms with Gasteiger partial charge in [-0.1, -0.05) is 369 Å². The van der Waals surface area contributed by atoms with Crippen LogP contribution in [-0.4, -0.2) is 68.5 Å². The number of unbranched alkanes of at least 4 members (excludes halogenated alkanes) is 45. The highest BCUT2D eigenvalue weighted by Gasteiger charge is 2.24. The van der Waals surface area contributed by atoms with Gasteiger partial charge in [0.1, 0.15) is 13.2 Å². The number of nitrogens with one attached hydrogen (secondary N) is 1. The summed E-state index contributed by atoms with van der Waals surface area (Å²) in [5, 5.41) is 14.1. The second kappa shape index (κ2) is 68.3. The minimum atomic E-state index is -4.59. The Balaban J connectivity index is 3.99. The van der Waals surface area contributed by atoms with E-state index >= 15 is 0 Å². The van der Waals surface area contributed by atoms with Gasteiger partial charge in [0.2, 0.25) is 5.91 Å². The Labute approximate surface area is 542 Å². The average molecular weight is 1240 g/mol. The van der Waals surface area contributed by atoms with Crippen LogP contribution in [0.1, 0.15) is 367 Å². The zero-order valence-corrected chi connectivity index (χ0v) is 59.4. The second-order valence-corrected chi connectivity index (χ2v) is 28.4. The van der Waals surface area contributed by atoms with Crippen molar-refractivity contribution in [3.8, 4) is 0 Å². The Morgan fingerprint density at radius 1 is 0.414 bits per heavy atom. The lowest BCUT2D eigenvalue weighted by Crippen LogP contribution is -2.46. The van der Waals surface area contributed by atoms with Crippen LogP contribution >= 0.6 is 7.82 Å². The van der Waals surface area contributed by atoms with Crippen LogP contribution in [-0.2, 0) is 18.4 Å². The molecule has 0 heterocycles. The third-order valence-electron chi connectivity index (χ3n) is 17.2. The number of carbonyl (C=O) groups excluding carboxylic acids is 1. The lowest BCUT2D eigenvalue weighted by Gasteiger charge is -2.30. The summed E-state index contributed by atoms with van der Waals surface area (Å²) in [7, 11) is 1.32. The molecule has 0 aliphatic carbocycles. The molecular weight excluding hydrogens is 1090 g/mol. The predicted molar refractivity (Wildman–Crippen MR) is 380 cm³/mol. The van der Waals surface area contributed by atoms with Gasteiger partial charge in [-0.25, -0.2) is 0 Å². The number of amides is 1. The number of phosphoric acid groups is 1. The molecule has 0 spiro atoms. The van der Waals surface area contributed by atoms with Crippen molar-refractivity contribution in [3.63, 3.8) is 0 Å². The number of likely N-dealkylation sites (N-methyl/N-ethyl adjacent to an activating group) is 1. The maximum Gasteiger partial charge on any atom is 0.268 e. The number of nitrogens with zero attached hydrogens (tertiary/aromatic N) is 1. The maximum atomic E-state index is 13.1. The SMILES string of the molecule is CC/C=C\C/C=C\C/C=C\C/C=C\C/C=C\C/C=C\CCCCCCCCCCCCCCCCCCC(=O)NC(COP(=O)([O-])OCC[N+](C)(C)C)C(O)CCCCCCCCCCCCCCCCCCCCCCCCCCCCCCCC. The van der Waals surface area contributed by atoms with Crippen molar-refractivity contribution < 1.29 is 32.9 Å². The molecule has 0 aromatic heterocycles. The molecule has 9 heteroatoms. The standard InChI is InChI=1S/C78H147N2O6P/c1-6-8-10-12-14-16-18-20-22-24-26-28-30-32-34-36-38-39-40-41-42-44-46-48-50-52-54-56-58-60-62-64-66-68-70-72-78(82)79-76(75-86-87(83,84)85-74-73-80(3,4)5)77(81)71-69-67-65-63-61-59-57-55-53-51-49-47-45-43-37-35-33-31-29-27-25-23-21-19-17-15-13-11-9-7-2/h8,10,14,16,20,22,26,28,32,34,38-39,76-77,81H,6-7,9,11-13,15,17-19,21,23-25,27,29-31,33,35-37,40-75H2,1-5H3,(H-,79,82,83,84)/b10-8-,16-14-,22-20-,28-26-,34-32-,39-38-. The molecule has 87 heavy (non-hydrogen) atoms. The van der Waals surface area contributed by atoms with Crippen molar-refractivity contribution in [2.24, 2.45) is 0 Å². The lowest BCUT2D eigenvalue weighted by molar-refractivity contribution is -0.870. The van der Waals surface area contributed by atoms with Gasteiger partial charge in [0.15, 0.2) is 0 Å². The molecule has 1 amide bonds. The molecule has 0 aromatic rings. The van der Waals surface area contributed by atoms with E-state index in [0.717, 1.165) is 77.0 Å². The molecule has 8 nitrogen and oxygen atoms in total. The number of hydrogen-bond donors (Lipinski definition) is 2. The van der Waals surface area contributed by atoms with E-state index in [1.807, 2.05) is 21.1 Å². The summed E-state index contributed by atoms with van der Waals surface area (Å²) >= 11 is 0. The van der Waals surface area contributed by atoms with E-state index in [1.54, 1.807) is 0 Å². The van der Waals surface area contributed by atoms with Crippen LogP contribution in [0.4, 0.5) is 0 Å². The van der Waals surface area contributed by atoms with Crippen molar-refractivity contribution in [1.29, 1.82) is 0 Å². The quantitative estimate of drug-likeness (QED) is 0.0272. The zero-order chi connectivity index (χ0) is 63.4. The summed E-state index contributed by atoms with van der Waals surface area (Å²) in [5.41, 5.74) is 0. The summed E-state index contributed by atoms with van der Waals surface area (Å²) in [6.45, 7) is 4.66. The molecule has 0 fully saturated rings. The highest BCUT2D eigenvalue weighted by atomic mass is 31.2. The van der Waals surface area contributed by atoms with Crippen LogP contribution in [0.2, 0.25) is 0 Å². The van der Waals surface area contributed by atoms with Crippen LogP contribution in [0.15, 0.2) is 72.9 Å². The van der Waals surface area contributed by atoms with Gasteiger partial charge in [0.25, 0.3) is 7.82 Å². The van der Waals surface area contributed by atoms with E-state index in [2.05, 4.69) is 92.1 Å². The van der Waals surface area contributed by atoms with Crippen molar-refractivity contribution >= 4 is 13.7 Å². The van der Waals surface area contributed by atoms with Gasteiger partial charge in [-0.3, -0.25) is 9.36 Å². The number of phosphoric ester groups is 1. The predicted octanol–water partition coefficient (Wildman–Crippen LogP) is 23.9. The number of allylic oxidation sites excluding steroid dienone is 12. The van der Waals surface area contributed by atoms with Crippen LogP contribution in [0.5, 0.6) is 0 Å². The van der Waals surface area contributed by atoms with Gasteiger partial charge in [-0.15, -0.1) is 0 Å². The highest BCUT2D eigenvalue weighted by molar-refractivity contribution is 7.45. The first-order chi connectivity index (χ1) is 42.5. The fourth-order valence-electron chi connectivity index (χ4n) is 11.4. The third-order valence-corrected chi connectivity index (χ3v) is 18.2. The molecule has 0 aliphatic heterocycles. The number of rotatable bonds is 70. The van der Waals surface area contributed by atoms with Crippen LogP contribution in [0.3, 0.4) is 0 Å². The van der Waals surface area contributed by atoms with Crippen LogP contribution < -0.4 is 10.2 Å². The Hall–Kier alpha value is -2.06. The van der Waals surface area contributed by atoms with Crippen LogP contribution in [0, 0.1) is 0 Å². The second-order valence-electron chi connectivity index (χ2n) is 27.0. The van der Waals surface area contributed by atoms with Gasteiger partial charge in [-0.2, -0.15) is 0 Å². The number of aliphatic hydroxyl groups is 1. The van der Waals surface area contributed by atoms with Gasteiger partial charge in [0, 0.05) is 6.42 Å². The molecule has 0 saturated carbocycles. The topological polar surface area (TPSA) is 108 Å². The lowest BCUT2D eigenvalue weighted by atomic mass is 10.0. The Morgan fingerprint density at radius 3 is 1.02 bits per heavy atom. The molecule has 510 valence electrons. The van der Waals surface area contributed by atoms with E-state index in [9.17, 15) is 19.4 Å². The fraction of sp³-hybridized carbons (Fsp3) is 0.833. The maximum absolute atomic E-state index is 13.1. The summed E-state index contributed by atoms with van der Waals surface area (Å²) in [6, 6.07) is -0.805. The Bertz CT molecular complexity index is 1650. The molecule has 0 bridgehead atoms. The largest absolute Gasteiger partial charge is 0.756 e. The van der Waals surface area contributed by atoms with E-state index in [0.29, 0.717) is 23.9 Å². The summed E-state index contributed by atoms with van der Waals surface area (Å²) in [5.74, 6) is -0.160.